The molecule has 27 heavy (non-hydrogen) atoms. The summed E-state index contributed by atoms with van der Waals surface area (Å²) in [5.41, 5.74) is 1.60. The second kappa shape index (κ2) is 9.01. The summed E-state index contributed by atoms with van der Waals surface area (Å²) < 4.78 is 10.3. The summed E-state index contributed by atoms with van der Waals surface area (Å²) in [7, 11) is 1.58. The van der Waals surface area contributed by atoms with Crippen LogP contribution in [-0.4, -0.2) is 25.1 Å². The molecule has 0 aliphatic heterocycles. The van der Waals surface area contributed by atoms with E-state index in [-0.39, 0.29) is 11.7 Å². The quantitative estimate of drug-likeness (QED) is 0.597. The second-order valence-electron chi connectivity index (χ2n) is 5.92. The Morgan fingerprint density at radius 2 is 1.93 bits per heavy atom. The molecule has 0 atom stereocenters. The summed E-state index contributed by atoms with van der Waals surface area (Å²) in [5.74, 6) is -0.171. The van der Waals surface area contributed by atoms with Crippen molar-refractivity contribution in [2.45, 2.75) is 26.9 Å². The van der Waals surface area contributed by atoms with Crippen LogP contribution >= 0.6 is 11.3 Å². The normalized spacial score (nSPS) is 10.7. The number of benzene rings is 1. The van der Waals surface area contributed by atoms with Gasteiger partial charge in [0.25, 0.3) is 0 Å². The Hall–Kier alpha value is -3.11. The van der Waals surface area contributed by atoms with Crippen molar-refractivity contribution >= 4 is 34.3 Å². The maximum atomic E-state index is 12.2. The van der Waals surface area contributed by atoms with Crippen molar-refractivity contribution < 1.29 is 19.1 Å². The van der Waals surface area contributed by atoms with Crippen LogP contribution in [0.25, 0.3) is 6.08 Å². The van der Waals surface area contributed by atoms with Crippen molar-refractivity contribution in [3.05, 3.63) is 51.9 Å². The van der Waals surface area contributed by atoms with Crippen LogP contribution in [0.4, 0.5) is 5.00 Å². The largest absolute Gasteiger partial charge is 0.497 e. The average Bonchev–Trinajstić information content (AvgIpc) is 2.95. The number of nitrogens with one attached hydrogen (secondary N) is 1. The predicted molar refractivity (Wildman–Crippen MR) is 105 cm³/mol. The number of carbonyl (C=O) groups excluding carboxylic acids is 2. The number of methoxy groups -OCH3 is 1. The fraction of sp³-hybridized carbons (Fsp3) is 0.250. The predicted octanol–water partition coefficient (Wildman–Crippen LogP) is 4.15. The van der Waals surface area contributed by atoms with E-state index in [1.54, 1.807) is 46.1 Å². The van der Waals surface area contributed by atoms with Gasteiger partial charge in [-0.1, -0.05) is 12.1 Å². The molecule has 0 saturated carbocycles. The first-order valence-electron chi connectivity index (χ1n) is 8.23. The summed E-state index contributed by atoms with van der Waals surface area (Å²) in [6, 6.07) is 9.25. The van der Waals surface area contributed by atoms with Crippen molar-refractivity contribution in [3.8, 4) is 11.8 Å². The molecule has 2 rings (SSSR count). The van der Waals surface area contributed by atoms with Gasteiger partial charge in [-0.3, -0.25) is 4.79 Å². The van der Waals surface area contributed by atoms with Gasteiger partial charge in [0.1, 0.15) is 21.7 Å². The molecule has 0 bridgehead atoms. The molecule has 0 aliphatic rings. The van der Waals surface area contributed by atoms with Crippen LogP contribution in [0.2, 0.25) is 0 Å². The van der Waals surface area contributed by atoms with Crippen molar-refractivity contribution in [3.63, 3.8) is 0 Å². The Morgan fingerprint density at radius 1 is 1.26 bits per heavy atom. The highest BCUT2D eigenvalue weighted by molar-refractivity contribution is 7.18. The highest BCUT2D eigenvalue weighted by atomic mass is 32.1. The first-order valence-corrected chi connectivity index (χ1v) is 9.05. The number of hydrogen-bond acceptors (Lipinski definition) is 6. The molecule has 1 aromatic carbocycles. The highest BCUT2D eigenvalue weighted by Crippen LogP contribution is 2.33. The number of carbonyl (C=O) groups is 2. The maximum Gasteiger partial charge on any atom is 0.348 e. The van der Waals surface area contributed by atoms with Gasteiger partial charge in [-0.05, 0) is 50.1 Å². The van der Waals surface area contributed by atoms with Gasteiger partial charge in [0.15, 0.2) is 0 Å². The van der Waals surface area contributed by atoms with E-state index in [4.69, 9.17) is 9.47 Å². The van der Waals surface area contributed by atoms with Gasteiger partial charge in [-0.2, -0.15) is 5.26 Å². The summed E-state index contributed by atoms with van der Waals surface area (Å²) in [5, 5.41) is 12.4. The molecular weight excluding hydrogens is 364 g/mol. The van der Waals surface area contributed by atoms with Crippen LogP contribution in [0.1, 0.15) is 40.2 Å². The van der Waals surface area contributed by atoms with Crippen LogP contribution in [0, 0.1) is 18.3 Å². The van der Waals surface area contributed by atoms with Crippen LogP contribution in [0.5, 0.6) is 5.75 Å². The van der Waals surface area contributed by atoms with E-state index >= 15 is 0 Å². The first-order chi connectivity index (χ1) is 12.8. The lowest BCUT2D eigenvalue weighted by molar-refractivity contribution is -0.111. The highest BCUT2D eigenvalue weighted by Gasteiger charge is 2.22. The van der Waals surface area contributed by atoms with E-state index in [1.807, 2.05) is 18.2 Å². The monoisotopic (exact) mass is 384 g/mol. The van der Waals surface area contributed by atoms with Crippen LogP contribution in [0.3, 0.4) is 0 Å². The standard InChI is InChI=1S/C20H20N2O4S/c1-12(2)26-20(24)18-13(3)16(11-21)19(27-18)22-17(23)10-7-14-5-8-15(25-4)9-6-14/h5-10,12H,1-4H3,(H,22,23)/b10-7+. The Balaban J connectivity index is 2.15. The van der Waals surface area contributed by atoms with E-state index in [0.717, 1.165) is 22.6 Å². The van der Waals surface area contributed by atoms with Gasteiger partial charge in [0, 0.05) is 6.08 Å². The summed E-state index contributed by atoms with van der Waals surface area (Å²) in [6.07, 6.45) is 2.74. The van der Waals surface area contributed by atoms with E-state index < -0.39 is 11.9 Å². The average molecular weight is 384 g/mol. The Bertz CT molecular complexity index is 905. The zero-order valence-electron chi connectivity index (χ0n) is 15.5. The third-order valence-corrected chi connectivity index (χ3v) is 4.75. The molecular formula is C20H20N2O4S. The van der Waals surface area contributed by atoms with E-state index in [2.05, 4.69) is 5.32 Å². The van der Waals surface area contributed by atoms with Crippen molar-refractivity contribution in [1.82, 2.24) is 0 Å². The minimum absolute atomic E-state index is 0.266. The van der Waals surface area contributed by atoms with Gasteiger partial charge in [0.2, 0.25) is 5.91 Å². The number of nitrogens with zero attached hydrogens (tertiary/aromatic N) is 1. The molecule has 0 fully saturated rings. The molecule has 0 saturated heterocycles. The third-order valence-electron chi connectivity index (χ3n) is 3.57. The topological polar surface area (TPSA) is 88.4 Å². The third kappa shape index (κ3) is 5.19. The van der Waals surface area contributed by atoms with Crippen molar-refractivity contribution in [2.75, 3.05) is 12.4 Å². The lowest BCUT2D eigenvalue weighted by Crippen LogP contribution is -2.11. The number of thiophene rings is 1. The van der Waals surface area contributed by atoms with Crippen LogP contribution in [-0.2, 0) is 9.53 Å². The molecule has 2 aromatic rings. The first kappa shape index (κ1) is 20.2. The molecule has 1 amide bonds. The summed E-state index contributed by atoms with van der Waals surface area (Å²) in [4.78, 5) is 24.7. The maximum absolute atomic E-state index is 12.2. The lowest BCUT2D eigenvalue weighted by Gasteiger charge is -2.06. The number of anilines is 1. The molecule has 0 radical (unpaired) electrons. The van der Waals surface area contributed by atoms with E-state index in [9.17, 15) is 14.9 Å². The SMILES string of the molecule is COc1ccc(/C=C/C(=O)Nc2sc(C(=O)OC(C)C)c(C)c2C#N)cc1. The van der Waals surface area contributed by atoms with E-state index in [1.165, 1.54) is 6.08 Å². The Morgan fingerprint density at radius 3 is 2.48 bits per heavy atom. The second-order valence-corrected chi connectivity index (χ2v) is 6.94. The number of amides is 1. The molecule has 6 nitrogen and oxygen atoms in total. The molecule has 0 aliphatic carbocycles. The van der Waals surface area contributed by atoms with Gasteiger partial charge >= 0.3 is 5.97 Å². The smallest absolute Gasteiger partial charge is 0.348 e. The van der Waals surface area contributed by atoms with Crippen molar-refractivity contribution in [1.29, 1.82) is 5.26 Å². The van der Waals surface area contributed by atoms with Gasteiger partial charge in [0.05, 0.1) is 18.8 Å². The molecule has 1 N–H and O–H groups in total. The number of esters is 1. The Kier molecular flexibility index (Phi) is 6.74. The minimum atomic E-state index is -0.502. The summed E-state index contributed by atoms with van der Waals surface area (Å²) in [6.45, 7) is 5.16. The van der Waals surface area contributed by atoms with Crippen LogP contribution < -0.4 is 10.1 Å². The van der Waals surface area contributed by atoms with Crippen LogP contribution in [0.15, 0.2) is 30.3 Å². The lowest BCUT2D eigenvalue weighted by atomic mass is 10.1. The fourth-order valence-electron chi connectivity index (χ4n) is 2.24. The number of hydrogen-bond donors (Lipinski definition) is 1. The molecule has 140 valence electrons. The molecule has 1 heterocycles. The Labute approximate surface area is 162 Å². The fourth-order valence-corrected chi connectivity index (χ4v) is 3.28. The molecule has 0 unspecified atom stereocenters. The molecule has 7 heteroatoms. The zero-order valence-corrected chi connectivity index (χ0v) is 16.3. The van der Waals surface area contributed by atoms with E-state index in [0.29, 0.717) is 15.4 Å². The number of nitriles is 1. The number of ether oxygens (including phenoxy) is 2. The van der Waals surface area contributed by atoms with Gasteiger partial charge in [-0.15, -0.1) is 11.3 Å². The number of rotatable bonds is 6. The van der Waals surface area contributed by atoms with Crippen molar-refractivity contribution in [2.24, 2.45) is 0 Å². The molecule has 0 spiro atoms. The molecule has 1 aromatic heterocycles. The summed E-state index contributed by atoms with van der Waals surface area (Å²) >= 11 is 1.04. The van der Waals surface area contributed by atoms with Gasteiger partial charge in [-0.25, -0.2) is 4.79 Å². The van der Waals surface area contributed by atoms with Gasteiger partial charge < -0.3 is 14.8 Å². The minimum Gasteiger partial charge on any atom is -0.497 e. The zero-order chi connectivity index (χ0) is 20.0.